The number of amides is 1. The van der Waals surface area contributed by atoms with E-state index < -0.39 is 0 Å². The van der Waals surface area contributed by atoms with E-state index in [1.807, 2.05) is 71.4 Å². The number of morpholine rings is 1. The molecule has 0 radical (unpaired) electrons. The number of carbonyl (C=O) groups excluding carboxylic acids is 1. The Morgan fingerprint density at radius 2 is 1.71 bits per heavy atom. The van der Waals surface area contributed by atoms with Crippen molar-refractivity contribution in [2.45, 2.75) is 38.7 Å². The first-order chi connectivity index (χ1) is 18.2. The van der Waals surface area contributed by atoms with Crippen LogP contribution >= 0.6 is 0 Å². The molecule has 1 fully saturated rings. The van der Waals surface area contributed by atoms with Crippen molar-refractivity contribution in [2.24, 2.45) is 7.05 Å². The van der Waals surface area contributed by atoms with Gasteiger partial charge in [-0.05, 0) is 45.9 Å². The van der Waals surface area contributed by atoms with Gasteiger partial charge in [0, 0.05) is 26.0 Å². The molecule has 1 saturated heterocycles. The molecule has 0 bridgehead atoms. The molecular formula is C31H34N4O3. The van der Waals surface area contributed by atoms with Crippen molar-refractivity contribution in [3.8, 4) is 28.4 Å². The topological polar surface area (TPSA) is 80.5 Å². The monoisotopic (exact) mass is 510 g/mol. The summed E-state index contributed by atoms with van der Waals surface area (Å²) >= 11 is 0. The highest BCUT2D eigenvalue weighted by Crippen LogP contribution is 2.28. The summed E-state index contributed by atoms with van der Waals surface area (Å²) in [6, 6.07) is 19.2. The second-order valence-electron chi connectivity index (χ2n) is 10.9. The molecule has 2 aromatic heterocycles. The Hall–Kier alpha value is -3.97. The molecule has 196 valence electrons. The van der Waals surface area contributed by atoms with Crippen LogP contribution in [0.15, 0.2) is 73.1 Å². The number of hydrogen-bond acceptors (Lipinski definition) is 5. The second kappa shape index (κ2) is 10.4. The summed E-state index contributed by atoms with van der Waals surface area (Å²) in [6.45, 7) is 8.02. The lowest BCUT2D eigenvalue weighted by Crippen LogP contribution is -2.43. The average molecular weight is 511 g/mol. The number of aromatic hydroxyl groups is 1. The van der Waals surface area contributed by atoms with Gasteiger partial charge >= 0.3 is 0 Å². The fourth-order valence-corrected chi connectivity index (χ4v) is 4.66. The molecule has 3 heterocycles. The standard InChI is InChI=1S/C31H34N4O3/c1-31(2,3)24-11-14-26(32-18-24)30-33-27(19-34(30)4)28-20-35(15-16-38-28)29(37)17-21-5-7-22(8-6-21)23-9-12-25(36)13-10-23/h5-14,18-19,28,36H,15-17,20H2,1-4H3. The van der Waals surface area contributed by atoms with Crippen LogP contribution in [0.3, 0.4) is 0 Å². The van der Waals surface area contributed by atoms with Crippen LogP contribution < -0.4 is 0 Å². The van der Waals surface area contributed by atoms with Gasteiger partial charge in [0.05, 0.1) is 25.3 Å². The summed E-state index contributed by atoms with van der Waals surface area (Å²) < 4.78 is 7.99. The zero-order valence-electron chi connectivity index (χ0n) is 22.4. The number of phenolic OH excluding ortho intramolecular Hbond substituents is 1. The van der Waals surface area contributed by atoms with E-state index >= 15 is 0 Å². The molecule has 4 aromatic rings. The van der Waals surface area contributed by atoms with Gasteiger partial charge in [-0.2, -0.15) is 0 Å². The zero-order valence-corrected chi connectivity index (χ0v) is 22.4. The maximum Gasteiger partial charge on any atom is 0.227 e. The van der Waals surface area contributed by atoms with Crippen LogP contribution in [0.4, 0.5) is 0 Å². The van der Waals surface area contributed by atoms with Crippen LogP contribution in [0.2, 0.25) is 0 Å². The molecule has 1 amide bonds. The predicted molar refractivity (Wildman–Crippen MR) is 148 cm³/mol. The largest absolute Gasteiger partial charge is 0.508 e. The van der Waals surface area contributed by atoms with Crippen LogP contribution in [-0.4, -0.2) is 50.1 Å². The summed E-state index contributed by atoms with van der Waals surface area (Å²) in [6.07, 6.45) is 3.94. The third-order valence-corrected chi connectivity index (χ3v) is 7.01. The molecular weight excluding hydrogens is 476 g/mol. The van der Waals surface area contributed by atoms with E-state index in [4.69, 9.17) is 9.72 Å². The predicted octanol–water partition coefficient (Wildman–Crippen LogP) is 5.29. The number of hydrogen-bond donors (Lipinski definition) is 1. The average Bonchev–Trinajstić information content (AvgIpc) is 3.31. The number of aryl methyl sites for hydroxylation is 1. The minimum absolute atomic E-state index is 0.0407. The number of carbonyl (C=O) groups is 1. The Kier molecular flexibility index (Phi) is 7.04. The number of phenols is 1. The zero-order chi connectivity index (χ0) is 26.9. The number of nitrogens with zero attached hydrogens (tertiary/aromatic N) is 4. The van der Waals surface area contributed by atoms with Crippen molar-refractivity contribution < 1.29 is 14.6 Å². The quantitative estimate of drug-likeness (QED) is 0.394. The number of ether oxygens (including phenoxy) is 1. The number of aromatic nitrogens is 3. The van der Waals surface area contributed by atoms with Crippen molar-refractivity contribution >= 4 is 5.91 Å². The molecule has 1 N–H and O–H groups in total. The minimum Gasteiger partial charge on any atom is -0.508 e. The molecule has 1 unspecified atom stereocenters. The first-order valence-corrected chi connectivity index (χ1v) is 13.0. The van der Waals surface area contributed by atoms with E-state index in [1.54, 1.807) is 12.1 Å². The van der Waals surface area contributed by atoms with E-state index in [0.29, 0.717) is 26.1 Å². The van der Waals surface area contributed by atoms with Gasteiger partial charge in [-0.25, -0.2) is 4.98 Å². The highest BCUT2D eigenvalue weighted by atomic mass is 16.5. The normalized spacial score (nSPS) is 16.0. The fraction of sp³-hybridized carbons (Fsp3) is 0.323. The molecule has 5 rings (SSSR count). The lowest BCUT2D eigenvalue weighted by molar-refractivity contribution is -0.138. The first kappa shape index (κ1) is 25.7. The number of benzene rings is 2. The summed E-state index contributed by atoms with van der Waals surface area (Å²) in [5.41, 5.74) is 5.86. The van der Waals surface area contributed by atoms with Gasteiger partial charge in [0.2, 0.25) is 5.91 Å². The molecule has 2 aromatic carbocycles. The Morgan fingerprint density at radius 1 is 1.03 bits per heavy atom. The summed E-state index contributed by atoms with van der Waals surface area (Å²) in [7, 11) is 1.96. The van der Waals surface area contributed by atoms with E-state index in [0.717, 1.165) is 33.9 Å². The van der Waals surface area contributed by atoms with Gasteiger partial charge in [-0.3, -0.25) is 9.78 Å². The highest BCUT2D eigenvalue weighted by Gasteiger charge is 2.28. The second-order valence-corrected chi connectivity index (χ2v) is 10.9. The summed E-state index contributed by atoms with van der Waals surface area (Å²) in [5, 5.41) is 9.50. The highest BCUT2D eigenvalue weighted by molar-refractivity contribution is 5.79. The summed E-state index contributed by atoms with van der Waals surface area (Å²) in [5.74, 6) is 1.10. The van der Waals surface area contributed by atoms with Crippen molar-refractivity contribution in [3.05, 3.63) is 89.9 Å². The minimum atomic E-state index is -0.279. The van der Waals surface area contributed by atoms with E-state index in [1.165, 1.54) is 5.56 Å². The van der Waals surface area contributed by atoms with E-state index in [-0.39, 0.29) is 23.2 Å². The number of rotatable bonds is 5. The van der Waals surface area contributed by atoms with Crippen LogP contribution in [-0.2, 0) is 28.4 Å². The van der Waals surface area contributed by atoms with Crippen molar-refractivity contribution in [2.75, 3.05) is 19.7 Å². The molecule has 38 heavy (non-hydrogen) atoms. The molecule has 7 nitrogen and oxygen atoms in total. The van der Waals surface area contributed by atoms with Crippen LogP contribution in [0.1, 0.15) is 43.7 Å². The molecule has 0 saturated carbocycles. The van der Waals surface area contributed by atoms with Gasteiger partial charge in [0.1, 0.15) is 17.5 Å². The molecule has 1 aliphatic heterocycles. The van der Waals surface area contributed by atoms with E-state index in [9.17, 15) is 9.90 Å². The lowest BCUT2D eigenvalue weighted by atomic mass is 9.88. The maximum atomic E-state index is 13.2. The third-order valence-electron chi connectivity index (χ3n) is 7.01. The SMILES string of the molecule is Cn1cc(C2CN(C(=O)Cc3ccc(-c4ccc(O)cc4)cc3)CCO2)nc1-c1ccc(C(C)(C)C)cn1. The van der Waals surface area contributed by atoms with Crippen molar-refractivity contribution in [1.82, 2.24) is 19.4 Å². The molecule has 7 heteroatoms. The molecule has 1 aliphatic rings. The van der Waals surface area contributed by atoms with Gasteiger partial charge in [-0.15, -0.1) is 0 Å². The molecule has 0 aliphatic carbocycles. The fourth-order valence-electron chi connectivity index (χ4n) is 4.66. The molecule has 1 atom stereocenters. The Balaban J connectivity index is 1.24. The van der Waals surface area contributed by atoms with Crippen molar-refractivity contribution in [3.63, 3.8) is 0 Å². The van der Waals surface area contributed by atoms with Gasteiger partial charge in [0.15, 0.2) is 5.82 Å². The number of imidazole rings is 1. The van der Waals surface area contributed by atoms with Gasteiger partial charge < -0.3 is 19.3 Å². The van der Waals surface area contributed by atoms with Crippen LogP contribution in [0, 0.1) is 0 Å². The summed E-state index contributed by atoms with van der Waals surface area (Å²) in [4.78, 5) is 24.5. The Morgan fingerprint density at radius 3 is 2.34 bits per heavy atom. The van der Waals surface area contributed by atoms with Crippen molar-refractivity contribution in [1.29, 1.82) is 0 Å². The first-order valence-electron chi connectivity index (χ1n) is 13.0. The van der Waals surface area contributed by atoms with Crippen LogP contribution in [0.5, 0.6) is 5.75 Å². The van der Waals surface area contributed by atoms with Gasteiger partial charge in [0.25, 0.3) is 0 Å². The van der Waals surface area contributed by atoms with Crippen LogP contribution in [0.25, 0.3) is 22.6 Å². The van der Waals surface area contributed by atoms with E-state index in [2.05, 4.69) is 31.8 Å². The molecule has 0 spiro atoms. The smallest absolute Gasteiger partial charge is 0.227 e. The third kappa shape index (κ3) is 5.63. The van der Waals surface area contributed by atoms with Gasteiger partial charge in [-0.1, -0.05) is 63.2 Å². The lowest BCUT2D eigenvalue weighted by Gasteiger charge is -2.32. The Bertz CT molecular complexity index is 1400. The maximum absolute atomic E-state index is 13.2. The number of pyridine rings is 1. The Labute approximate surface area is 223 Å².